The number of hydrogen-bond acceptors (Lipinski definition) is 5. The molecule has 21 heavy (non-hydrogen) atoms. The third kappa shape index (κ3) is 2.80. The van der Waals surface area contributed by atoms with Gasteiger partial charge in [-0.25, -0.2) is 4.68 Å². The lowest BCUT2D eigenvalue weighted by Crippen LogP contribution is -2.01. The minimum Gasteiger partial charge on any atom is -0.289 e. The predicted octanol–water partition coefficient (Wildman–Crippen LogP) is 2.93. The summed E-state index contributed by atoms with van der Waals surface area (Å²) >= 11 is 1.25. The van der Waals surface area contributed by atoms with Gasteiger partial charge in [0.15, 0.2) is 5.78 Å². The van der Waals surface area contributed by atoms with Gasteiger partial charge in [-0.15, -0.1) is 5.10 Å². The lowest BCUT2D eigenvalue weighted by molar-refractivity contribution is 0.104. The van der Waals surface area contributed by atoms with Gasteiger partial charge in [0.25, 0.3) is 0 Å². The van der Waals surface area contributed by atoms with Gasteiger partial charge in [0, 0.05) is 5.38 Å². The van der Waals surface area contributed by atoms with Gasteiger partial charge in [-0.05, 0) is 42.7 Å². The van der Waals surface area contributed by atoms with Gasteiger partial charge in [-0.1, -0.05) is 22.7 Å². The zero-order chi connectivity index (χ0) is 14.7. The van der Waals surface area contributed by atoms with Crippen molar-refractivity contribution in [1.82, 2.24) is 19.4 Å². The molecule has 104 valence electrons. The number of rotatable bonds is 4. The second-order valence-electron chi connectivity index (χ2n) is 4.42. The fraction of sp³-hybridized carbons (Fsp3) is 0.0667. The molecule has 0 bridgehead atoms. The Labute approximate surface area is 125 Å². The second kappa shape index (κ2) is 5.80. The molecule has 3 aromatic rings. The molecule has 0 saturated carbocycles. The number of ketones is 1. The van der Waals surface area contributed by atoms with Crippen LogP contribution in [-0.4, -0.2) is 25.2 Å². The Morgan fingerprint density at radius 2 is 2.10 bits per heavy atom. The SMILES string of the molecule is Cc1c(C(=O)/C=C\c2csnn2)cnn1-c1ccccc1. The first-order valence-corrected chi connectivity index (χ1v) is 7.19. The smallest absolute Gasteiger partial charge is 0.189 e. The first-order valence-electron chi connectivity index (χ1n) is 6.35. The maximum Gasteiger partial charge on any atom is 0.189 e. The van der Waals surface area contributed by atoms with Crippen LogP contribution >= 0.6 is 11.5 Å². The molecule has 0 fully saturated rings. The highest BCUT2D eigenvalue weighted by molar-refractivity contribution is 7.03. The second-order valence-corrected chi connectivity index (χ2v) is 5.03. The maximum atomic E-state index is 12.2. The number of benzene rings is 1. The molecule has 0 atom stereocenters. The van der Waals surface area contributed by atoms with Crippen molar-refractivity contribution in [1.29, 1.82) is 0 Å². The molecular weight excluding hydrogens is 284 g/mol. The largest absolute Gasteiger partial charge is 0.289 e. The van der Waals surface area contributed by atoms with Crippen molar-refractivity contribution in [3.63, 3.8) is 0 Å². The van der Waals surface area contributed by atoms with Crippen molar-refractivity contribution in [3.05, 3.63) is 64.9 Å². The lowest BCUT2D eigenvalue weighted by atomic mass is 10.1. The summed E-state index contributed by atoms with van der Waals surface area (Å²) in [5.74, 6) is -0.0947. The Balaban J connectivity index is 1.87. The maximum absolute atomic E-state index is 12.2. The number of nitrogens with zero attached hydrogens (tertiary/aromatic N) is 4. The van der Waals surface area contributed by atoms with Crippen molar-refractivity contribution < 1.29 is 4.79 Å². The molecule has 0 amide bonds. The zero-order valence-corrected chi connectivity index (χ0v) is 12.1. The van der Waals surface area contributed by atoms with Gasteiger partial charge < -0.3 is 0 Å². The summed E-state index contributed by atoms with van der Waals surface area (Å²) in [7, 11) is 0. The fourth-order valence-electron chi connectivity index (χ4n) is 1.98. The van der Waals surface area contributed by atoms with Gasteiger partial charge in [0.05, 0.1) is 28.8 Å². The van der Waals surface area contributed by atoms with E-state index in [1.54, 1.807) is 22.3 Å². The van der Waals surface area contributed by atoms with E-state index in [1.807, 2.05) is 37.3 Å². The van der Waals surface area contributed by atoms with Crippen molar-refractivity contribution in [2.24, 2.45) is 0 Å². The molecule has 0 N–H and O–H groups in total. The monoisotopic (exact) mass is 296 g/mol. The van der Waals surface area contributed by atoms with Gasteiger partial charge in [0.2, 0.25) is 0 Å². The van der Waals surface area contributed by atoms with Gasteiger partial charge in [0.1, 0.15) is 0 Å². The van der Waals surface area contributed by atoms with E-state index in [4.69, 9.17) is 0 Å². The van der Waals surface area contributed by atoms with Crippen LogP contribution in [0.15, 0.2) is 48.0 Å². The predicted molar refractivity (Wildman–Crippen MR) is 81.6 cm³/mol. The fourth-order valence-corrected chi connectivity index (χ4v) is 2.40. The minimum atomic E-state index is -0.0947. The highest BCUT2D eigenvalue weighted by atomic mass is 32.1. The molecule has 0 aliphatic heterocycles. The van der Waals surface area contributed by atoms with Crippen molar-refractivity contribution in [2.45, 2.75) is 6.92 Å². The van der Waals surface area contributed by atoms with E-state index in [2.05, 4.69) is 14.7 Å². The molecule has 0 unspecified atom stereocenters. The van der Waals surface area contributed by atoms with Gasteiger partial charge >= 0.3 is 0 Å². The Morgan fingerprint density at radius 3 is 2.81 bits per heavy atom. The lowest BCUT2D eigenvalue weighted by Gasteiger charge is -2.03. The molecule has 2 heterocycles. The van der Waals surface area contributed by atoms with Crippen LogP contribution < -0.4 is 0 Å². The molecule has 0 saturated heterocycles. The molecule has 2 aromatic heterocycles. The van der Waals surface area contributed by atoms with E-state index in [9.17, 15) is 4.79 Å². The summed E-state index contributed by atoms with van der Waals surface area (Å²) in [4.78, 5) is 12.2. The number of para-hydroxylation sites is 1. The molecule has 0 aliphatic rings. The number of carbonyl (C=O) groups is 1. The summed E-state index contributed by atoms with van der Waals surface area (Å²) in [6, 6.07) is 9.72. The van der Waals surface area contributed by atoms with Crippen molar-refractivity contribution >= 4 is 23.4 Å². The number of allylic oxidation sites excluding steroid dienone is 1. The number of aromatic nitrogens is 4. The highest BCUT2D eigenvalue weighted by Crippen LogP contribution is 2.15. The minimum absolute atomic E-state index is 0.0947. The molecule has 3 rings (SSSR count). The van der Waals surface area contributed by atoms with Crippen molar-refractivity contribution in [2.75, 3.05) is 0 Å². The van der Waals surface area contributed by atoms with Crippen LogP contribution in [0.3, 0.4) is 0 Å². The summed E-state index contributed by atoms with van der Waals surface area (Å²) in [5, 5.41) is 9.94. The standard InChI is InChI=1S/C15H12N4OS/c1-11-14(15(20)8-7-12-10-21-18-17-12)9-16-19(11)13-5-3-2-4-6-13/h2-10H,1H3/b8-7-. The van der Waals surface area contributed by atoms with Crippen LogP contribution in [0, 0.1) is 6.92 Å². The van der Waals surface area contributed by atoms with E-state index < -0.39 is 0 Å². The van der Waals surface area contributed by atoms with Crippen LogP contribution in [0.25, 0.3) is 11.8 Å². The molecule has 0 aliphatic carbocycles. The number of carbonyl (C=O) groups excluding carboxylic acids is 1. The van der Waals surface area contributed by atoms with Gasteiger partial charge in [-0.3, -0.25) is 4.79 Å². The Morgan fingerprint density at radius 1 is 1.29 bits per heavy atom. The first-order chi connectivity index (χ1) is 10.3. The Hall–Kier alpha value is -2.60. The quantitative estimate of drug-likeness (QED) is 0.548. The van der Waals surface area contributed by atoms with E-state index in [-0.39, 0.29) is 5.78 Å². The van der Waals surface area contributed by atoms with Crippen molar-refractivity contribution in [3.8, 4) is 5.69 Å². The van der Waals surface area contributed by atoms with Crippen LogP contribution in [0.1, 0.15) is 21.7 Å². The average molecular weight is 296 g/mol. The molecule has 0 spiro atoms. The Bertz CT molecular complexity index is 775. The third-order valence-electron chi connectivity index (χ3n) is 3.06. The van der Waals surface area contributed by atoms with Gasteiger partial charge in [-0.2, -0.15) is 5.10 Å². The van der Waals surface area contributed by atoms with Crippen LogP contribution in [-0.2, 0) is 0 Å². The molecule has 1 aromatic carbocycles. The number of hydrogen-bond donors (Lipinski definition) is 0. The van der Waals surface area contributed by atoms with E-state index in [0.29, 0.717) is 11.3 Å². The average Bonchev–Trinajstić information content (AvgIpc) is 3.15. The van der Waals surface area contributed by atoms with E-state index >= 15 is 0 Å². The summed E-state index contributed by atoms with van der Waals surface area (Å²) in [6.45, 7) is 1.88. The normalized spacial score (nSPS) is 11.1. The van der Waals surface area contributed by atoms with E-state index in [1.165, 1.54) is 17.6 Å². The van der Waals surface area contributed by atoms with Crippen LogP contribution in [0.2, 0.25) is 0 Å². The topological polar surface area (TPSA) is 60.7 Å². The molecular formula is C15H12N4OS. The molecule has 6 heteroatoms. The molecule has 5 nitrogen and oxygen atoms in total. The molecule has 0 radical (unpaired) electrons. The van der Waals surface area contributed by atoms with Crippen LogP contribution in [0.4, 0.5) is 0 Å². The van der Waals surface area contributed by atoms with E-state index in [0.717, 1.165) is 11.4 Å². The summed E-state index contributed by atoms with van der Waals surface area (Å²) in [5.41, 5.74) is 3.01. The Kier molecular flexibility index (Phi) is 3.70. The third-order valence-corrected chi connectivity index (χ3v) is 3.58. The van der Waals surface area contributed by atoms with Crippen LogP contribution in [0.5, 0.6) is 0 Å². The highest BCUT2D eigenvalue weighted by Gasteiger charge is 2.12. The summed E-state index contributed by atoms with van der Waals surface area (Å²) in [6.07, 6.45) is 4.75. The summed E-state index contributed by atoms with van der Waals surface area (Å²) < 4.78 is 5.50. The zero-order valence-electron chi connectivity index (χ0n) is 11.3. The first kappa shape index (κ1) is 13.4.